The third kappa shape index (κ3) is 8.47. The van der Waals surface area contributed by atoms with Gasteiger partial charge < -0.3 is 0 Å². The molecule has 0 spiro atoms. The number of rotatable bonds is 15. The summed E-state index contributed by atoms with van der Waals surface area (Å²) in [6, 6.07) is 5.91. The Bertz CT molecular complexity index is 759. The zero-order valence-electron chi connectivity index (χ0n) is 19.1. The molecular weight excluding hydrogens is 498 g/mol. The number of pyridine rings is 1. The molecule has 30 heavy (non-hydrogen) atoms. The number of halogens is 1. The fourth-order valence-electron chi connectivity index (χ4n) is 4.11. The van der Waals surface area contributed by atoms with Gasteiger partial charge in [0.15, 0.2) is 0 Å². The van der Waals surface area contributed by atoms with Crippen molar-refractivity contribution in [2.45, 2.75) is 72.6 Å². The molecule has 3 nitrogen and oxygen atoms in total. The number of aliphatic imine (C=N–C) groups is 1. The van der Waals surface area contributed by atoms with Gasteiger partial charge in [0, 0.05) is 0 Å². The van der Waals surface area contributed by atoms with Gasteiger partial charge in [0.1, 0.15) is 0 Å². The van der Waals surface area contributed by atoms with Gasteiger partial charge in [0.2, 0.25) is 0 Å². The van der Waals surface area contributed by atoms with Crippen LogP contribution in [0, 0.1) is 0 Å². The van der Waals surface area contributed by atoms with Crippen molar-refractivity contribution in [3.05, 3.63) is 41.2 Å². The number of aromatic nitrogens is 1. The average Bonchev–Trinajstić information content (AvgIpc) is 2.76. The van der Waals surface area contributed by atoms with E-state index in [1.165, 1.54) is 51.8 Å². The fourth-order valence-corrected chi connectivity index (χ4v) is 18.8. The molecule has 0 aliphatic rings. The van der Waals surface area contributed by atoms with Gasteiger partial charge in [0.25, 0.3) is 0 Å². The van der Waals surface area contributed by atoms with Gasteiger partial charge in [-0.3, -0.25) is 0 Å². The first-order valence-corrected chi connectivity index (χ1v) is 20.2. The summed E-state index contributed by atoms with van der Waals surface area (Å²) in [6.07, 6.45) is 13.7. The van der Waals surface area contributed by atoms with Crippen molar-refractivity contribution in [3.63, 3.8) is 0 Å². The predicted octanol–water partition coefficient (Wildman–Crippen LogP) is 7.71. The van der Waals surface area contributed by atoms with Crippen LogP contribution in [0.25, 0.3) is 10.8 Å². The normalized spacial score (nSPS) is 12.3. The molecule has 0 atom stereocenters. The van der Waals surface area contributed by atoms with Crippen LogP contribution in [0.5, 0.6) is 0 Å². The van der Waals surface area contributed by atoms with Gasteiger partial charge in [-0.05, 0) is 0 Å². The molecule has 0 amide bonds. The standard InChI is InChI=1S/C13H12ClN2O.3C4H9.Sn/c1-17-5-4-16-8-11-7-12(14)6-10-2-3-15-9-13(10)11;3*1-3-4-2;/h2-3,6-9H,1,4-5H2;3*1,3-4H2,2H3;. The summed E-state index contributed by atoms with van der Waals surface area (Å²) in [7, 11) is 0. The van der Waals surface area contributed by atoms with Crippen LogP contribution in [0.2, 0.25) is 18.3 Å². The van der Waals surface area contributed by atoms with E-state index in [0.717, 1.165) is 32.6 Å². The number of fused-ring (bicyclic) bond motifs is 1. The van der Waals surface area contributed by atoms with Crippen LogP contribution in [0.3, 0.4) is 0 Å². The molecule has 0 bridgehead atoms. The van der Waals surface area contributed by atoms with Crippen LogP contribution >= 0.6 is 11.6 Å². The third-order valence-corrected chi connectivity index (χ3v) is 20.6. The Morgan fingerprint density at radius 1 is 1.03 bits per heavy atom. The second-order valence-electron chi connectivity index (χ2n) is 8.49. The Balaban J connectivity index is 1.92. The number of unbranched alkanes of at least 4 members (excludes halogenated alkanes) is 3. The maximum atomic E-state index is 6.28. The maximum absolute atomic E-state index is 6.28. The van der Waals surface area contributed by atoms with Crippen molar-refractivity contribution < 1.29 is 4.74 Å². The van der Waals surface area contributed by atoms with E-state index in [2.05, 4.69) is 30.7 Å². The molecule has 0 N–H and O–H groups in total. The minimum absolute atomic E-state index is 0.700. The zero-order chi connectivity index (χ0) is 21.7. The van der Waals surface area contributed by atoms with Crippen molar-refractivity contribution in [3.8, 4) is 0 Å². The Hall–Kier alpha value is -0.651. The van der Waals surface area contributed by atoms with Crippen molar-refractivity contribution >= 4 is 47.0 Å². The van der Waals surface area contributed by atoms with Crippen molar-refractivity contribution in [2.24, 2.45) is 4.99 Å². The van der Waals surface area contributed by atoms with Crippen LogP contribution in [0.1, 0.15) is 64.9 Å². The molecule has 0 radical (unpaired) electrons. The quantitative estimate of drug-likeness (QED) is 0.132. The molecule has 0 fully saturated rings. The van der Waals surface area contributed by atoms with Crippen LogP contribution in [0.4, 0.5) is 0 Å². The average molecular weight is 538 g/mol. The molecular formula is C25H39ClN2OSn. The van der Waals surface area contributed by atoms with Crippen molar-refractivity contribution in [1.29, 1.82) is 0 Å². The third-order valence-electron chi connectivity index (χ3n) is 5.94. The first kappa shape index (κ1) is 25.6. The van der Waals surface area contributed by atoms with Crippen molar-refractivity contribution in [2.75, 3.05) is 17.8 Å². The van der Waals surface area contributed by atoms with E-state index in [0.29, 0.717) is 6.54 Å². The molecule has 2 aromatic rings. The molecule has 1 heterocycles. The van der Waals surface area contributed by atoms with Crippen LogP contribution in [-0.2, 0) is 4.74 Å². The molecule has 166 valence electrons. The summed E-state index contributed by atoms with van der Waals surface area (Å²) in [6.45, 7) is 8.38. The van der Waals surface area contributed by atoms with Crippen molar-refractivity contribution in [1.82, 2.24) is 4.98 Å². The molecule has 1 aromatic heterocycles. The Morgan fingerprint density at radius 2 is 1.70 bits per heavy atom. The van der Waals surface area contributed by atoms with Crippen LogP contribution in [-0.4, -0.2) is 47.3 Å². The molecule has 0 saturated heterocycles. The second kappa shape index (κ2) is 14.4. The number of nitrogens with zero attached hydrogens (tertiary/aromatic N) is 2. The summed E-state index contributed by atoms with van der Waals surface area (Å²) in [4.78, 5) is 8.86. The monoisotopic (exact) mass is 538 g/mol. The molecule has 0 aliphatic heterocycles. The summed E-state index contributed by atoms with van der Waals surface area (Å²) < 4.78 is 11.8. The molecule has 0 aliphatic carbocycles. The summed E-state index contributed by atoms with van der Waals surface area (Å²) in [5, 5.41) is 2.91. The Kier molecular flexibility index (Phi) is 12.3. The van der Waals surface area contributed by atoms with E-state index in [9.17, 15) is 0 Å². The van der Waals surface area contributed by atoms with E-state index in [1.807, 2.05) is 30.6 Å². The molecule has 0 unspecified atom stereocenters. The summed E-state index contributed by atoms with van der Waals surface area (Å²) >= 11 is 4.08. The SMILES string of the molecule is CCC[CH2][Sn]([CH2]CCC)([CH2]CCC)[CH2]OCCN=Cc1cc(Cl)cc2ccncc12. The first-order chi connectivity index (χ1) is 14.6. The van der Waals surface area contributed by atoms with Crippen LogP contribution < -0.4 is 0 Å². The summed E-state index contributed by atoms with van der Waals surface area (Å²) in [5.74, 6) is 0. The molecule has 2 rings (SSSR count). The van der Waals surface area contributed by atoms with Gasteiger partial charge in [-0.1, -0.05) is 0 Å². The zero-order valence-corrected chi connectivity index (χ0v) is 22.7. The number of hydrogen-bond donors (Lipinski definition) is 0. The van der Waals surface area contributed by atoms with E-state index < -0.39 is 18.4 Å². The minimum atomic E-state index is -2.18. The van der Waals surface area contributed by atoms with Gasteiger partial charge >= 0.3 is 193 Å². The van der Waals surface area contributed by atoms with Gasteiger partial charge in [0.05, 0.1) is 0 Å². The Morgan fingerprint density at radius 3 is 2.33 bits per heavy atom. The molecule has 5 heteroatoms. The topological polar surface area (TPSA) is 34.5 Å². The van der Waals surface area contributed by atoms with E-state index in [4.69, 9.17) is 16.3 Å². The van der Waals surface area contributed by atoms with Gasteiger partial charge in [-0.25, -0.2) is 0 Å². The first-order valence-electron chi connectivity index (χ1n) is 11.7. The molecule has 0 saturated carbocycles. The van der Waals surface area contributed by atoms with Crippen LogP contribution in [0.15, 0.2) is 35.6 Å². The Labute approximate surface area is 192 Å². The van der Waals surface area contributed by atoms with Gasteiger partial charge in [-0.2, -0.15) is 0 Å². The molecule has 1 aromatic carbocycles. The number of ether oxygens (including phenoxy) is 1. The predicted molar refractivity (Wildman–Crippen MR) is 135 cm³/mol. The fraction of sp³-hybridized carbons (Fsp3) is 0.600. The van der Waals surface area contributed by atoms with E-state index in [-0.39, 0.29) is 0 Å². The van der Waals surface area contributed by atoms with E-state index in [1.54, 1.807) is 6.20 Å². The number of hydrogen-bond acceptors (Lipinski definition) is 3. The number of benzene rings is 1. The summed E-state index contributed by atoms with van der Waals surface area (Å²) in [5.41, 5.74) is 1.02. The second-order valence-corrected chi connectivity index (χ2v) is 22.6. The van der Waals surface area contributed by atoms with E-state index >= 15 is 0 Å². The van der Waals surface area contributed by atoms with Gasteiger partial charge in [-0.15, -0.1) is 0 Å².